The largest absolute Gasteiger partial charge is 0.416 e. The van der Waals surface area contributed by atoms with Gasteiger partial charge >= 0.3 is 6.18 Å². The first-order valence-corrected chi connectivity index (χ1v) is 11.6. The summed E-state index contributed by atoms with van der Waals surface area (Å²) < 4.78 is 40.8. The number of hydrogen-bond donors (Lipinski definition) is 0. The van der Waals surface area contributed by atoms with Gasteiger partial charge in [-0.3, -0.25) is 4.79 Å². The molecule has 0 radical (unpaired) electrons. The molecule has 0 amide bonds. The van der Waals surface area contributed by atoms with Crippen molar-refractivity contribution in [1.82, 2.24) is 4.90 Å². The number of halogens is 5. The molecular weight excluding hydrogens is 460 g/mol. The summed E-state index contributed by atoms with van der Waals surface area (Å²) >= 11 is 12.0. The molecule has 4 rings (SSSR count). The molecule has 2 heterocycles. The summed E-state index contributed by atoms with van der Waals surface area (Å²) in [4.78, 5) is 17.4. The molecule has 2 saturated heterocycles. The number of benzene rings is 2. The van der Waals surface area contributed by atoms with Crippen LogP contribution >= 0.6 is 23.2 Å². The first-order chi connectivity index (χ1) is 15.2. The van der Waals surface area contributed by atoms with Gasteiger partial charge in [0.2, 0.25) is 0 Å². The Morgan fingerprint density at radius 3 is 2.12 bits per heavy atom. The quantitative estimate of drug-likeness (QED) is 0.452. The predicted molar refractivity (Wildman–Crippen MR) is 122 cm³/mol. The fourth-order valence-corrected chi connectivity index (χ4v) is 5.29. The molecule has 2 fully saturated rings. The Morgan fingerprint density at radius 2 is 1.53 bits per heavy atom. The van der Waals surface area contributed by atoms with Crippen molar-refractivity contribution in [3.05, 3.63) is 63.1 Å². The second-order valence-electron chi connectivity index (χ2n) is 8.61. The van der Waals surface area contributed by atoms with Crippen molar-refractivity contribution in [3.63, 3.8) is 0 Å². The molecule has 2 aliphatic heterocycles. The monoisotopic (exact) mass is 484 g/mol. The van der Waals surface area contributed by atoms with Gasteiger partial charge < -0.3 is 9.80 Å². The molecule has 0 unspecified atom stereocenters. The zero-order valence-corrected chi connectivity index (χ0v) is 19.1. The Labute approximate surface area is 196 Å². The van der Waals surface area contributed by atoms with E-state index in [9.17, 15) is 18.0 Å². The molecular formula is C24H25Cl2F3N2O. The van der Waals surface area contributed by atoms with Gasteiger partial charge in [0, 0.05) is 46.8 Å². The van der Waals surface area contributed by atoms with E-state index in [0.29, 0.717) is 40.4 Å². The molecule has 2 aromatic carbocycles. The third-order valence-corrected chi connectivity index (χ3v) is 6.78. The van der Waals surface area contributed by atoms with Crippen LogP contribution in [-0.4, -0.2) is 42.9 Å². The average Bonchev–Trinajstić information content (AvgIpc) is 3.27. The molecule has 0 atom stereocenters. The van der Waals surface area contributed by atoms with Crippen LogP contribution in [-0.2, 0) is 12.6 Å². The van der Waals surface area contributed by atoms with Crippen molar-refractivity contribution in [1.29, 1.82) is 0 Å². The van der Waals surface area contributed by atoms with Gasteiger partial charge in [-0.2, -0.15) is 13.2 Å². The molecule has 0 aliphatic carbocycles. The van der Waals surface area contributed by atoms with E-state index in [2.05, 4.69) is 4.90 Å². The van der Waals surface area contributed by atoms with Crippen LogP contribution in [0.3, 0.4) is 0 Å². The summed E-state index contributed by atoms with van der Waals surface area (Å²) in [6, 6.07) is 8.92. The van der Waals surface area contributed by atoms with Gasteiger partial charge in [-0.05, 0) is 80.7 Å². The maximum Gasteiger partial charge on any atom is 0.416 e. The van der Waals surface area contributed by atoms with Gasteiger partial charge in [0.1, 0.15) is 0 Å². The number of nitrogens with zero attached hydrogens (tertiary/aromatic N) is 2. The number of hydrogen-bond acceptors (Lipinski definition) is 3. The highest BCUT2D eigenvalue weighted by Gasteiger charge is 2.33. The van der Waals surface area contributed by atoms with Gasteiger partial charge in [-0.25, -0.2) is 0 Å². The molecule has 0 spiro atoms. The fourth-order valence-electron chi connectivity index (χ4n) is 4.71. The van der Waals surface area contributed by atoms with Crippen LogP contribution in [0.15, 0.2) is 36.4 Å². The maximum absolute atomic E-state index is 13.6. The van der Waals surface area contributed by atoms with Crippen LogP contribution in [0.4, 0.5) is 18.9 Å². The van der Waals surface area contributed by atoms with Crippen LogP contribution in [0, 0.1) is 0 Å². The lowest BCUT2D eigenvalue weighted by Gasteiger charge is -2.38. The Kier molecular flexibility index (Phi) is 7.03. The molecule has 0 aromatic heterocycles. The van der Waals surface area contributed by atoms with E-state index in [1.807, 2.05) is 4.90 Å². The lowest BCUT2D eigenvalue weighted by atomic mass is 9.98. The van der Waals surface area contributed by atoms with Crippen LogP contribution < -0.4 is 4.90 Å². The van der Waals surface area contributed by atoms with E-state index in [1.165, 1.54) is 12.8 Å². The topological polar surface area (TPSA) is 23.6 Å². The third kappa shape index (κ3) is 5.59. The molecule has 2 aromatic rings. The standard InChI is InChI=1S/C24H25Cl2F3N2O/c25-19-9-16(10-20(26)15-19)11-23(32)17-12-18(24(27,28)29)14-22(13-17)31-7-3-21(4-8-31)30-5-1-2-6-30/h9-10,12-15,21H,1-8,11H2. The van der Waals surface area contributed by atoms with E-state index in [0.717, 1.165) is 38.1 Å². The number of piperidine rings is 1. The zero-order valence-electron chi connectivity index (χ0n) is 17.6. The van der Waals surface area contributed by atoms with Gasteiger partial charge in [0.15, 0.2) is 5.78 Å². The van der Waals surface area contributed by atoms with Crippen LogP contribution in [0.25, 0.3) is 0 Å². The summed E-state index contributed by atoms with van der Waals surface area (Å²) in [6.45, 7) is 3.58. The number of anilines is 1. The van der Waals surface area contributed by atoms with E-state index in [1.54, 1.807) is 24.3 Å². The van der Waals surface area contributed by atoms with Crippen molar-refractivity contribution in [2.45, 2.75) is 44.3 Å². The number of Topliss-reactive ketones (excluding diaryl/α,β-unsaturated/α-hetero) is 1. The summed E-state index contributed by atoms with van der Waals surface area (Å²) in [6.07, 6.45) is -0.328. The minimum absolute atomic E-state index is 0.0487. The van der Waals surface area contributed by atoms with E-state index in [-0.39, 0.29) is 12.0 Å². The SMILES string of the molecule is O=C(Cc1cc(Cl)cc(Cl)c1)c1cc(N2CCC(N3CCCC3)CC2)cc(C(F)(F)F)c1. The van der Waals surface area contributed by atoms with Crippen LogP contribution in [0.5, 0.6) is 0 Å². The van der Waals surface area contributed by atoms with Crippen molar-refractivity contribution in [2.75, 3.05) is 31.1 Å². The van der Waals surface area contributed by atoms with Crippen molar-refractivity contribution in [2.24, 2.45) is 0 Å². The highest BCUT2D eigenvalue weighted by molar-refractivity contribution is 6.34. The van der Waals surface area contributed by atoms with E-state index < -0.39 is 17.5 Å². The van der Waals surface area contributed by atoms with Crippen LogP contribution in [0.1, 0.15) is 47.2 Å². The summed E-state index contributed by atoms with van der Waals surface area (Å²) in [5.41, 5.74) is 0.266. The second kappa shape index (κ2) is 9.62. The molecule has 2 aliphatic rings. The van der Waals surface area contributed by atoms with Gasteiger partial charge in [0.05, 0.1) is 5.56 Å². The first kappa shape index (κ1) is 23.4. The number of likely N-dealkylation sites (tertiary alicyclic amines) is 1. The minimum Gasteiger partial charge on any atom is -0.371 e. The van der Waals surface area contributed by atoms with Crippen molar-refractivity contribution in [3.8, 4) is 0 Å². The number of carbonyl (C=O) groups excluding carboxylic acids is 1. The molecule has 32 heavy (non-hydrogen) atoms. The normalized spacial score (nSPS) is 18.3. The van der Waals surface area contributed by atoms with Gasteiger partial charge in [-0.15, -0.1) is 0 Å². The minimum atomic E-state index is -4.53. The zero-order chi connectivity index (χ0) is 22.9. The Morgan fingerprint density at radius 1 is 0.906 bits per heavy atom. The highest BCUT2D eigenvalue weighted by Crippen LogP contribution is 2.35. The smallest absolute Gasteiger partial charge is 0.371 e. The Balaban J connectivity index is 1.55. The number of carbonyl (C=O) groups is 1. The predicted octanol–water partition coefficient (Wildman–Crippen LogP) is 6.50. The second-order valence-corrected chi connectivity index (χ2v) is 9.48. The number of ketones is 1. The lowest BCUT2D eigenvalue weighted by Crippen LogP contribution is -2.44. The summed E-state index contributed by atoms with van der Waals surface area (Å²) in [5, 5.41) is 0.761. The highest BCUT2D eigenvalue weighted by atomic mass is 35.5. The van der Waals surface area contributed by atoms with Crippen LogP contribution in [0.2, 0.25) is 10.0 Å². The van der Waals surface area contributed by atoms with Crippen molar-refractivity contribution >= 4 is 34.7 Å². The Bertz CT molecular complexity index is 961. The molecule has 0 bridgehead atoms. The first-order valence-electron chi connectivity index (χ1n) is 10.9. The molecule has 0 N–H and O–H groups in total. The summed E-state index contributed by atoms with van der Waals surface area (Å²) in [7, 11) is 0. The Hall–Kier alpha value is -1.76. The number of rotatable bonds is 5. The molecule has 0 saturated carbocycles. The molecule has 172 valence electrons. The summed E-state index contributed by atoms with van der Waals surface area (Å²) in [5.74, 6) is -0.400. The van der Waals surface area contributed by atoms with Crippen molar-refractivity contribution < 1.29 is 18.0 Å². The number of alkyl halides is 3. The van der Waals surface area contributed by atoms with Gasteiger partial charge in [-0.1, -0.05) is 23.2 Å². The fraction of sp³-hybridized carbons (Fsp3) is 0.458. The van der Waals surface area contributed by atoms with E-state index in [4.69, 9.17) is 23.2 Å². The lowest BCUT2D eigenvalue weighted by molar-refractivity contribution is -0.137. The molecule has 8 heteroatoms. The average molecular weight is 485 g/mol. The van der Waals surface area contributed by atoms with Gasteiger partial charge in [0.25, 0.3) is 0 Å². The maximum atomic E-state index is 13.6. The van der Waals surface area contributed by atoms with E-state index >= 15 is 0 Å². The third-order valence-electron chi connectivity index (χ3n) is 6.34. The molecule has 3 nitrogen and oxygen atoms in total.